The highest BCUT2D eigenvalue weighted by molar-refractivity contribution is 6.32. The fourth-order valence-corrected chi connectivity index (χ4v) is 3.56. The quantitative estimate of drug-likeness (QED) is 0.206. The summed E-state index contributed by atoms with van der Waals surface area (Å²) in [5.41, 5.74) is 1.56. The molecule has 0 atom stereocenters. The molecule has 34 heavy (non-hydrogen) atoms. The molecule has 0 unspecified atom stereocenters. The van der Waals surface area contributed by atoms with Crippen LogP contribution < -0.4 is 14.2 Å². The number of halogens is 1. The van der Waals surface area contributed by atoms with Gasteiger partial charge in [0.05, 0.1) is 24.8 Å². The van der Waals surface area contributed by atoms with Crippen molar-refractivity contribution in [2.75, 3.05) is 19.8 Å². The van der Waals surface area contributed by atoms with Crippen LogP contribution in [-0.4, -0.2) is 31.7 Å². The van der Waals surface area contributed by atoms with Gasteiger partial charge in [-0.1, -0.05) is 48.0 Å². The molecule has 6 nitrogen and oxygen atoms in total. The Kier molecular flexibility index (Phi) is 7.83. The smallest absolute Gasteiger partial charge is 0.363 e. The van der Waals surface area contributed by atoms with E-state index in [0.29, 0.717) is 48.3 Å². The normalized spacial score (nSPS) is 14.0. The van der Waals surface area contributed by atoms with Crippen LogP contribution in [0, 0.1) is 0 Å². The minimum absolute atomic E-state index is 0.184. The Morgan fingerprint density at radius 3 is 2.38 bits per heavy atom. The Morgan fingerprint density at radius 1 is 0.941 bits per heavy atom. The minimum atomic E-state index is -0.522. The van der Waals surface area contributed by atoms with Crippen molar-refractivity contribution in [3.63, 3.8) is 0 Å². The summed E-state index contributed by atoms with van der Waals surface area (Å²) in [6.07, 6.45) is 2.29. The first kappa shape index (κ1) is 23.4. The van der Waals surface area contributed by atoms with Crippen molar-refractivity contribution in [3.05, 3.63) is 94.6 Å². The van der Waals surface area contributed by atoms with Crippen LogP contribution in [0.25, 0.3) is 6.08 Å². The number of esters is 1. The van der Waals surface area contributed by atoms with Crippen molar-refractivity contribution in [2.45, 2.75) is 13.3 Å². The first-order valence-corrected chi connectivity index (χ1v) is 11.4. The zero-order chi connectivity index (χ0) is 23.8. The van der Waals surface area contributed by atoms with Gasteiger partial charge in [0.2, 0.25) is 5.90 Å². The van der Waals surface area contributed by atoms with E-state index in [9.17, 15) is 4.79 Å². The summed E-state index contributed by atoms with van der Waals surface area (Å²) in [6.45, 7) is 3.23. The molecule has 0 radical (unpaired) electrons. The molecule has 0 saturated heterocycles. The van der Waals surface area contributed by atoms with Crippen LogP contribution in [0.2, 0.25) is 5.02 Å². The molecule has 1 heterocycles. The van der Waals surface area contributed by atoms with Gasteiger partial charge in [-0.05, 0) is 55.0 Å². The van der Waals surface area contributed by atoms with Crippen LogP contribution in [0.4, 0.5) is 0 Å². The molecule has 0 spiro atoms. The summed E-state index contributed by atoms with van der Waals surface area (Å²) in [4.78, 5) is 16.7. The lowest BCUT2D eigenvalue weighted by atomic mass is 10.1. The maximum Gasteiger partial charge on any atom is 0.363 e. The van der Waals surface area contributed by atoms with Crippen LogP contribution in [0.3, 0.4) is 0 Å². The summed E-state index contributed by atoms with van der Waals surface area (Å²) in [5.74, 6) is 1.51. The van der Waals surface area contributed by atoms with E-state index in [1.54, 1.807) is 18.2 Å². The van der Waals surface area contributed by atoms with E-state index >= 15 is 0 Å². The fourth-order valence-electron chi connectivity index (χ4n) is 3.29. The van der Waals surface area contributed by atoms with Gasteiger partial charge >= 0.3 is 5.97 Å². The predicted octanol–water partition coefficient (Wildman–Crippen LogP) is 5.93. The molecule has 0 aliphatic carbocycles. The molecule has 7 heteroatoms. The highest BCUT2D eigenvalue weighted by atomic mass is 35.5. The van der Waals surface area contributed by atoms with E-state index in [2.05, 4.69) is 4.99 Å². The molecular weight excluding hydrogens is 454 g/mol. The Balaban J connectivity index is 1.45. The number of rotatable bonds is 10. The number of para-hydroxylation sites is 1. The maximum absolute atomic E-state index is 12.3. The van der Waals surface area contributed by atoms with Gasteiger partial charge in [-0.25, -0.2) is 9.79 Å². The molecule has 3 aromatic rings. The van der Waals surface area contributed by atoms with Gasteiger partial charge in [-0.3, -0.25) is 0 Å². The van der Waals surface area contributed by atoms with E-state index in [-0.39, 0.29) is 11.6 Å². The molecule has 3 aromatic carbocycles. The van der Waals surface area contributed by atoms with Crippen LogP contribution in [-0.2, 0) is 9.53 Å². The average Bonchev–Trinajstić information content (AvgIpc) is 3.22. The number of benzene rings is 3. The third-order valence-corrected chi connectivity index (χ3v) is 5.10. The molecule has 174 valence electrons. The highest BCUT2D eigenvalue weighted by Crippen LogP contribution is 2.37. The number of cyclic esters (lactones) is 1. The molecule has 0 bridgehead atoms. The summed E-state index contributed by atoms with van der Waals surface area (Å²) in [5, 5.41) is 0.375. The van der Waals surface area contributed by atoms with Crippen molar-refractivity contribution < 1.29 is 23.7 Å². The SMILES string of the molecule is CCOc1cc(C=C2N=C(c3ccccc3)OC2=O)cc(Cl)c1OCCCOc1ccccc1. The molecule has 1 aliphatic heterocycles. The van der Waals surface area contributed by atoms with Crippen molar-refractivity contribution in [3.8, 4) is 17.2 Å². The third-order valence-electron chi connectivity index (χ3n) is 4.82. The number of carbonyl (C=O) groups is 1. The summed E-state index contributed by atoms with van der Waals surface area (Å²) in [6, 6.07) is 22.3. The van der Waals surface area contributed by atoms with Crippen LogP contribution in [0.15, 0.2) is 83.5 Å². The fraction of sp³-hybridized carbons (Fsp3) is 0.185. The van der Waals surface area contributed by atoms with Gasteiger partial charge in [0.25, 0.3) is 0 Å². The van der Waals surface area contributed by atoms with E-state index in [1.807, 2.05) is 67.6 Å². The van der Waals surface area contributed by atoms with E-state index in [4.69, 9.17) is 30.5 Å². The van der Waals surface area contributed by atoms with E-state index < -0.39 is 5.97 Å². The molecule has 0 saturated carbocycles. The first-order valence-electron chi connectivity index (χ1n) is 11.0. The summed E-state index contributed by atoms with van der Waals surface area (Å²) < 4.78 is 22.6. The maximum atomic E-state index is 12.3. The number of ether oxygens (including phenoxy) is 4. The van der Waals surface area contributed by atoms with Crippen molar-refractivity contribution in [2.24, 2.45) is 4.99 Å². The van der Waals surface area contributed by atoms with Crippen molar-refractivity contribution in [1.82, 2.24) is 0 Å². The lowest BCUT2D eigenvalue weighted by Gasteiger charge is -2.15. The Hall–Kier alpha value is -3.77. The third kappa shape index (κ3) is 5.97. The second-order valence-electron chi connectivity index (χ2n) is 7.33. The van der Waals surface area contributed by atoms with Gasteiger partial charge in [-0.15, -0.1) is 0 Å². The standard InChI is InChI=1S/C27H24ClNO5/c1-2-31-24-18-19(17-23-27(30)34-26(29-23)20-10-5-3-6-11-20)16-22(28)25(24)33-15-9-14-32-21-12-7-4-8-13-21/h3-8,10-13,16-18H,2,9,14-15H2,1H3. The largest absolute Gasteiger partial charge is 0.493 e. The van der Waals surface area contributed by atoms with Gasteiger partial charge in [-0.2, -0.15) is 0 Å². The number of hydrogen-bond acceptors (Lipinski definition) is 6. The zero-order valence-corrected chi connectivity index (χ0v) is 19.5. The lowest BCUT2D eigenvalue weighted by Crippen LogP contribution is -2.07. The Bertz CT molecular complexity index is 1190. The molecular formula is C27H24ClNO5. The van der Waals surface area contributed by atoms with Gasteiger partial charge in [0, 0.05) is 12.0 Å². The molecule has 1 aliphatic rings. The van der Waals surface area contributed by atoms with Crippen LogP contribution in [0.1, 0.15) is 24.5 Å². The second-order valence-corrected chi connectivity index (χ2v) is 7.74. The second kappa shape index (κ2) is 11.4. The molecule has 4 rings (SSSR count). The van der Waals surface area contributed by atoms with Crippen LogP contribution in [0.5, 0.6) is 17.2 Å². The molecule has 0 aromatic heterocycles. The Labute approximate surface area is 203 Å². The lowest BCUT2D eigenvalue weighted by molar-refractivity contribution is -0.129. The number of nitrogens with zero attached hydrogens (tertiary/aromatic N) is 1. The highest BCUT2D eigenvalue weighted by Gasteiger charge is 2.24. The van der Waals surface area contributed by atoms with Gasteiger partial charge in [0.1, 0.15) is 5.75 Å². The van der Waals surface area contributed by atoms with Crippen LogP contribution >= 0.6 is 11.6 Å². The first-order chi connectivity index (χ1) is 16.6. The summed E-state index contributed by atoms with van der Waals surface area (Å²) in [7, 11) is 0. The van der Waals surface area contributed by atoms with Crippen molar-refractivity contribution in [1.29, 1.82) is 0 Å². The predicted molar refractivity (Wildman–Crippen MR) is 132 cm³/mol. The summed E-state index contributed by atoms with van der Waals surface area (Å²) >= 11 is 6.51. The monoisotopic (exact) mass is 477 g/mol. The molecule has 0 amide bonds. The average molecular weight is 478 g/mol. The molecule has 0 N–H and O–H groups in total. The Morgan fingerprint density at radius 2 is 1.65 bits per heavy atom. The molecule has 0 fully saturated rings. The number of aliphatic imine (C=N–C) groups is 1. The van der Waals surface area contributed by atoms with E-state index in [0.717, 1.165) is 11.3 Å². The van der Waals surface area contributed by atoms with E-state index in [1.165, 1.54) is 0 Å². The van der Waals surface area contributed by atoms with Gasteiger partial charge in [0.15, 0.2) is 17.2 Å². The minimum Gasteiger partial charge on any atom is -0.493 e. The zero-order valence-electron chi connectivity index (χ0n) is 18.7. The number of carbonyl (C=O) groups excluding carboxylic acids is 1. The topological polar surface area (TPSA) is 66.4 Å². The van der Waals surface area contributed by atoms with Gasteiger partial charge < -0.3 is 18.9 Å². The number of hydrogen-bond donors (Lipinski definition) is 0. The van der Waals surface area contributed by atoms with Crippen molar-refractivity contribution >= 4 is 29.5 Å².